The van der Waals surface area contributed by atoms with Gasteiger partial charge in [0.05, 0.1) is 6.07 Å². The lowest BCUT2D eigenvalue weighted by Gasteiger charge is -2.38. The first-order chi connectivity index (χ1) is 9.77. The smallest absolute Gasteiger partial charge is 0.244 e. The molecule has 4 heteroatoms. The van der Waals surface area contributed by atoms with E-state index in [4.69, 9.17) is 5.11 Å². The summed E-state index contributed by atoms with van der Waals surface area (Å²) in [4.78, 5) is 14.4. The molecule has 1 amide bonds. The van der Waals surface area contributed by atoms with Crippen molar-refractivity contribution in [3.05, 3.63) is 35.9 Å². The highest BCUT2D eigenvalue weighted by Crippen LogP contribution is 2.28. The topological polar surface area (TPSA) is 64.3 Å². The number of nitriles is 1. The number of nitrogens with zero attached hydrogens (tertiary/aromatic N) is 2. The molecule has 0 aromatic heterocycles. The third-order valence-electron chi connectivity index (χ3n) is 3.86. The fourth-order valence-electron chi connectivity index (χ4n) is 2.50. The largest absolute Gasteiger partial charge is 0.396 e. The van der Waals surface area contributed by atoms with Crippen LogP contribution in [0, 0.1) is 11.3 Å². The Labute approximate surface area is 119 Å². The van der Waals surface area contributed by atoms with Crippen LogP contribution in [0.5, 0.6) is 0 Å². The predicted octanol–water partition coefficient (Wildman–Crippen LogP) is 2.06. The van der Waals surface area contributed by atoms with E-state index in [-0.39, 0.29) is 18.6 Å². The minimum absolute atomic E-state index is 0.0685. The number of hydrogen-bond acceptors (Lipinski definition) is 3. The average molecular weight is 272 g/mol. The summed E-state index contributed by atoms with van der Waals surface area (Å²) in [6, 6.07) is 11.6. The Bertz CT molecular complexity index is 477. The van der Waals surface area contributed by atoms with Crippen molar-refractivity contribution in [2.45, 2.75) is 37.6 Å². The number of aliphatic hydroxyl groups is 1. The maximum absolute atomic E-state index is 12.6. The molecule has 0 radical (unpaired) electrons. The predicted molar refractivity (Wildman–Crippen MR) is 75.9 cm³/mol. The minimum atomic E-state index is -0.740. The van der Waals surface area contributed by atoms with Crippen molar-refractivity contribution in [2.75, 3.05) is 13.2 Å². The fraction of sp³-hybridized carbons (Fsp3) is 0.500. The van der Waals surface area contributed by atoms with Crippen LogP contribution in [0.25, 0.3) is 0 Å². The Morgan fingerprint density at radius 1 is 1.40 bits per heavy atom. The average Bonchev–Trinajstić information content (AvgIpc) is 2.43. The maximum Gasteiger partial charge on any atom is 0.244 e. The van der Waals surface area contributed by atoms with Crippen molar-refractivity contribution in [3.8, 4) is 6.07 Å². The van der Waals surface area contributed by atoms with Gasteiger partial charge in [-0.1, -0.05) is 30.3 Å². The van der Waals surface area contributed by atoms with Crippen LogP contribution in [0.1, 0.15) is 37.2 Å². The molecule has 0 spiro atoms. The summed E-state index contributed by atoms with van der Waals surface area (Å²) >= 11 is 0. The van der Waals surface area contributed by atoms with E-state index in [1.807, 2.05) is 30.3 Å². The first kappa shape index (κ1) is 14.5. The SMILES string of the molecule is N#CC(C(=O)N(CCCO)C1CCC1)c1ccccc1. The molecule has 1 aromatic rings. The second-order valence-electron chi connectivity index (χ2n) is 5.17. The van der Waals surface area contributed by atoms with Gasteiger partial charge in [0.2, 0.25) is 5.91 Å². The number of rotatable bonds is 6. The van der Waals surface area contributed by atoms with Crippen LogP contribution in [-0.2, 0) is 4.79 Å². The van der Waals surface area contributed by atoms with Crippen LogP contribution in [-0.4, -0.2) is 35.1 Å². The fourth-order valence-corrected chi connectivity index (χ4v) is 2.50. The van der Waals surface area contributed by atoms with Crippen LogP contribution in [0.4, 0.5) is 0 Å². The van der Waals surface area contributed by atoms with E-state index >= 15 is 0 Å². The van der Waals surface area contributed by atoms with Gasteiger partial charge < -0.3 is 10.0 Å². The van der Waals surface area contributed by atoms with Crippen LogP contribution in [0.3, 0.4) is 0 Å². The van der Waals surface area contributed by atoms with Gasteiger partial charge in [0.1, 0.15) is 5.92 Å². The summed E-state index contributed by atoms with van der Waals surface area (Å²) in [7, 11) is 0. The summed E-state index contributed by atoms with van der Waals surface area (Å²) in [5.41, 5.74) is 0.744. The highest BCUT2D eigenvalue weighted by atomic mass is 16.3. The van der Waals surface area contributed by atoms with Crippen molar-refractivity contribution in [3.63, 3.8) is 0 Å². The quantitative estimate of drug-likeness (QED) is 0.862. The molecule has 20 heavy (non-hydrogen) atoms. The van der Waals surface area contributed by atoms with E-state index in [1.165, 1.54) is 0 Å². The number of hydrogen-bond donors (Lipinski definition) is 1. The van der Waals surface area contributed by atoms with Gasteiger partial charge in [-0.15, -0.1) is 0 Å². The zero-order chi connectivity index (χ0) is 14.4. The second-order valence-corrected chi connectivity index (χ2v) is 5.17. The Balaban J connectivity index is 2.14. The first-order valence-electron chi connectivity index (χ1n) is 7.14. The third kappa shape index (κ3) is 3.17. The lowest BCUT2D eigenvalue weighted by atomic mass is 9.89. The molecule has 1 N–H and O–H groups in total. The molecule has 1 fully saturated rings. The van der Waals surface area contributed by atoms with Crippen molar-refractivity contribution in [1.82, 2.24) is 4.90 Å². The molecule has 1 atom stereocenters. The molecule has 4 nitrogen and oxygen atoms in total. The van der Waals surface area contributed by atoms with Crippen molar-refractivity contribution < 1.29 is 9.90 Å². The molecule has 1 unspecified atom stereocenters. The lowest BCUT2D eigenvalue weighted by molar-refractivity contribution is -0.135. The number of carbonyl (C=O) groups excluding carboxylic acids is 1. The zero-order valence-corrected chi connectivity index (χ0v) is 11.5. The summed E-state index contributed by atoms with van der Waals surface area (Å²) in [5.74, 6) is -0.868. The number of amides is 1. The molecular formula is C16H20N2O2. The minimum Gasteiger partial charge on any atom is -0.396 e. The number of aliphatic hydroxyl groups excluding tert-OH is 1. The van der Waals surface area contributed by atoms with Gasteiger partial charge in [-0.2, -0.15) is 5.26 Å². The van der Waals surface area contributed by atoms with Crippen molar-refractivity contribution >= 4 is 5.91 Å². The monoisotopic (exact) mass is 272 g/mol. The molecule has 0 aliphatic heterocycles. The van der Waals surface area contributed by atoms with E-state index < -0.39 is 5.92 Å². The molecular weight excluding hydrogens is 252 g/mol. The summed E-state index contributed by atoms with van der Waals surface area (Å²) in [6.07, 6.45) is 3.71. The van der Waals surface area contributed by atoms with Crippen molar-refractivity contribution in [1.29, 1.82) is 5.26 Å². The van der Waals surface area contributed by atoms with Gasteiger partial charge >= 0.3 is 0 Å². The zero-order valence-electron chi connectivity index (χ0n) is 11.5. The van der Waals surface area contributed by atoms with Gasteiger partial charge in [-0.3, -0.25) is 4.79 Å². The maximum atomic E-state index is 12.6. The third-order valence-corrected chi connectivity index (χ3v) is 3.86. The van der Waals surface area contributed by atoms with E-state index in [0.29, 0.717) is 13.0 Å². The molecule has 106 valence electrons. The molecule has 1 aliphatic rings. The number of benzene rings is 1. The summed E-state index contributed by atoms with van der Waals surface area (Å²) in [5, 5.41) is 18.3. The molecule has 1 saturated carbocycles. The van der Waals surface area contributed by atoms with E-state index in [1.54, 1.807) is 4.90 Å². The lowest BCUT2D eigenvalue weighted by Crippen LogP contribution is -2.46. The normalized spacial score (nSPS) is 16.0. The number of carbonyl (C=O) groups is 1. The van der Waals surface area contributed by atoms with Crippen LogP contribution >= 0.6 is 0 Å². The van der Waals surface area contributed by atoms with E-state index in [2.05, 4.69) is 6.07 Å². The van der Waals surface area contributed by atoms with E-state index in [0.717, 1.165) is 24.8 Å². The Kier molecular flexibility index (Phi) is 5.14. The van der Waals surface area contributed by atoms with Gasteiger partial charge in [-0.25, -0.2) is 0 Å². The molecule has 0 heterocycles. The van der Waals surface area contributed by atoms with Gasteiger partial charge in [0, 0.05) is 19.2 Å². The van der Waals surface area contributed by atoms with Gasteiger partial charge in [0.25, 0.3) is 0 Å². The standard InChI is InChI=1S/C16H20N2O2/c17-12-15(13-6-2-1-3-7-13)16(20)18(10-5-11-19)14-8-4-9-14/h1-3,6-7,14-15,19H,4-5,8-11H2. The van der Waals surface area contributed by atoms with Crippen LogP contribution < -0.4 is 0 Å². The van der Waals surface area contributed by atoms with Crippen LogP contribution in [0.15, 0.2) is 30.3 Å². The van der Waals surface area contributed by atoms with Gasteiger partial charge in [0.15, 0.2) is 0 Å². The van der Waals surface area contributed by atoms with E-state index in [9.17, 15) is 10.1 Å². The first-order valence-corrected chi connectivity index (χ1v) is 7.14. The van der Waals surface area contributed by atoms with Crippen molar-refractivity contribution in [2.24, 2.45) is 0 Å². The Hall–Kier alpha value is -1.86. The highest BCUT2D eigenvalue weighted by molar-refractivity contribution is 5.86. The molecule has 1 aromatic carbocycles. The Morgan fingerprint density at radius 2 is 2.10 bits per heavy atom. The van der Waals surface area contributed by atoms with Gasteiger partial charge in [-0.05, 0) is 31.2 Å². The summed E-state index contributed by atoms with van der Waals surface area (Å²) in [6.45, 7) is 0.601. The molecule has 2 rings (SSSR count). The molecule has 0 saturated heterocycles. The summed E-state index contributed by atoms with van der Waals surface area (Å²) < 4.78 is 0. The molecule has 1 aliphatic carbocycles. The van der Waals surface area contributed by atoms with Crippen LogP contribution in [0.2, 0.25) is 0 Å². The Morgan fingerprint density at radius 3 is 2.60 bits per heavy atom. The highest BCUT2D eigenvalue weighted by Gasteiger charge is 2.33. The molecule has 0 bridgehead atoms. The second kappa shape index (κ2) is 7.06.